The highest BCUT2D eigenvalue weighted by Gasteiger charge is 2.12. The summed E-state index contributed by atoms with van der Waals surface area (Å²) in [4.78, 5) is 28.3. The van der Waals surface area contributed by atoms with Crippen LogP contribution in [0, 0.1) is 0 Å². The second-order valence-corrected chi connectivity index (χ2v) is 5.57. The molecule has 0 radical (unpaired) electrons. The van der Waals surface area contributed by atoms with Crippen LogP contribution in [-0.2, 0) is 6.54 Å². The summed E-state index contributed by atoms with van der Waals surface area (Å²) < 4.78 is 1.59. The van der Waals surface area contributed by atoms with Gasteiger partial charge in [0, 0.05) is 29.6 Å². The van der Waals surface area contributed by atoms with Crippen molar-refractivity contribution in [2.24, 2.45) is 0 Å². The Labute approximate surface area is 144 Å². The van der Waals surface area contributed by atoms with Gasteiger partial charge in [-0.1, -0.05) is 36.9 Å². The molecule has 0 saturated heterocycles. The van der Waals surface area contributed by atoms with E-state index in [1.807, 2.05) is 12.1 Å². The molecule has 0 fully saturated rings. The average molecular weight is 332 g/mol. The molecule has 2 heterocycles. The fourth-order valence-corrected chi connectivity index (χ4v) is 2.43. The molecule has 3 aromatic rings. The van der Waals surface area contributed by atoms with E-state index in [0.29, 0.717) is 17.7 Å². The maximum atomic E-state index is 12.5. The van der Waals surface area contributed by atoms with Crippen LogP contribution in [0.1, 0.15) is 27.2 Å². The molecule has 124 valence electrons. The Morgan fingerprint density at radius 2 is 1.84 bits per heavy atom. The normalized spacial score (nSPS) is 10.4. The third-order valence-corrected chi connectivity index (χ3v) is 3.79. The van der Waals surface area contributed by atoms with Crippen LogP contribution in [-0.4, -0.2) is 20.4 Å². The summed E-state index contributed by atoms with van der Waals surface area (Å²) in [5, 5.41) is 9.44. The van der Waals surface area contributed by atoms with Gasteiger partial charge in [-0.25, -0.2) is 0 Å². The largest absolute Gasteiger partial charge is 0.508 e. The van der Waals surface area contributed by atoms with Gasteiger partial charge in [-0.15, -0.1) is 0 Å². The number of aliphatic hydroxyl groups excluding tert-OH is 1. The first kappa shape index (κ1) is 16.4. The summed E-state index contributed by atoms with van der Waals surface area (Å²) in [7, 11) is 0. The molecule has 0 atom stereocenters. The Morgan fingerprint density at radius 3 is 2.52 bits per heavy atom. The van der Waals surface area contributed by atoms with Crippen molar-refractivity contribution in [2.45, 2.75) is 6.54 Å². The van der Waals surface area contributed by atoms with Gasteiger partial charge in [-0.05, 0) is 23.8 Å². The van der Waals surface area contributed by atoms with Gasteiger partial charge < -0.3 is 9.67 Å². The molecule has 25 heavy (non-hydrogen) atoms. The summed E-state index contributed by atoms with van der Waals surface area (Å²) in [5.74, 6) is -0.355. The Hall–Kier alpha value is -3.47. The van der Waals surface area contributed by atoms with Gasteiger partial charge in [-0.3, -0.25) is 14.6 Å². The third-order valence-electron chi connectivity index (χ3n) is 3.79. The number of benzene rings is 1. The minimum atomic E-state index is -0.244. The van der Waals surface area contributed by atoms with Crippen molar-refractivity contribution in [2.75, 3.05) is 0 Å². The lowest BCUT2D eigenvalue weighted by Gasteiger charge is -2.07. The Balaban J connectivity index is 1.81. The van der Waals surface area contributed by atoms with Crippen LogP contribution >= 0.6 is 0 Å². The minimum Gasteiger partial charge on any atom is -0.508 e. The Bertz CT molecular complexity index is 988. The fraction of sp³-hybridized carbons (Fsp3) is 0.0500. The number of nitrogens with zero attached hydrogens (tertiary/aromatic N) is 2. The maximum Gasteiger partial charge on any atom is 0.250 e. The Kier molecular flexibility index (Phi) is 4.57. The number of pyridine rings is 2. The summed E-state index contributed by atoms with van der Waals surface area (Å²) in [6, 6.07) is 15.1. The number of aromatic nitrogens is 2. The van der Waals surface area contributed by atoms with Gasteiger partial charge in [-0.2, -0.15) is 0 Å². The lowest BCUT2D eigenvalue weighted by molar-refractivity contribution is 0.103. The van der Waals surface area contributed by atoms with E-state index in [4.69, 9.17) is 0 Å². The van der Waals surface area contributed by atoms with Crippen LogP contribution in [0.25, 0.3) is 5.76 Å². The number of ketones is 1. The standard InChI is InChI=1S/C20H16N2O3/c1-14(23)17-9-10-21-18(12-17)20(25)16-7-5-15(6-8-16)13-22-11-3-2-4-19(22)24/h2-12,23H,1,13H2. The number of rotatable bonds is 5. The molecule has 0 spiro atoms. The molecule has 0 aliphatic carbocycles. The first-order chi connectivity index (χ1) is 12.0. The van der Waals surface area contributed by atoms with E-state index in [1.165, 1.54) is 18.3 Å². The summed E-state index contributed by atoms with van der Waals surface area (Å²) >= 11 is 0. The van der Waals surface area contributed by atoms with E-state index in [0.717, 1.165) is 5.56 Å². The molecular weight excluding hydrogens is 316 g/mol. The highest BCUT2D eigenvalue weighted by Crippen LogP contribution is 2.14. The van der Waals surface area contributed by atoms with Crippen LogP contribution < -0.4 is 5.56 Å². The molecule has 2 aromatic heterocycles. The summed E-state index contributed by atoms with van der Waals surface area (Å²) in [5.41, 5.74) is 2.01. The number of carbonyl (C=O) groups is 1. The van der Waals surface area contributed by atoms with E-state index in [2.05, 4.69) is 11.6 Å². The van der Waals surface area contributed by atoms with Crippen molar-refractivity contribution in [1.29, 1.82) is 0 Å². The predicted octanol–water partition coefficient (Wildman–Crippen LogP) is 3.05. The molecule has 0 bridgehead atoms. The van der Waals surface area contributed by atoms with Crippen LogP contribution in [0.3, 0.4) is 0 Å². The van der Waals surface area contributed by atoms with Crippen LogP contribution in [0.4, 0.5) is 0 Å². The number of aliphatic hydroxyl groups is 1. The SMILES string of the molecule is C=C(O)c1ccnc(C(=O)c2ccc(Cn3ccccc3=O)cc2)c1. The first-order valence-corrected chi connectivity index (χ1v) is 7.68. The lowest BCUT2D eigenvalue weighted by atomic mass is 10.0. The van der Waals surface area contributed by atoms with Crippen molar-refractivity contribution in [3.63, 3.8) is 0 Å². The zero-order valence-electron chi connectivity index (χ0n) is 13.4. The van der Waals surface area contributed by atoms with Gasteiger partial charge >= 0.3 is 0 Å². The summed E-state index contributed by atoms with van der Waals surface area (Å²) in [6.45, 7) is 3.88. The molecule has 0 aliphatic heterocycles. The third kappa shape index (κ3) is 3.72. The first-order valence-electron chi connectivity index (χ1n) is 7.68. The van der Waals surface area contributed by atoms with Gasteiger partial charge in [0.15, 0.2) is 0 Å². The predicted molar refractivity (Wildman–Crippen MR) is 95.6 cm³/mol. The minimum absolute atomic E-state index is 0.0760. The van der Waals surface area contributed by atoms with Crippen molar-refractivity contribution in [3.8, 4) is 0 Å². The Morgan fingerprint density at radius 1 is 1.08 bits per heavy atom. The van der Waals surface area contributed by atoms with Crippen LogP contribution in [0.2, 0.25) is 0 Å². The quantitative estimate of drug-likeness (QED) is 0.576. The van der Waals surface area contributed by atoms with E-state index in [-0.39, 0.29) is 22.8 Å². The number of carbonyl (C=O) groups excluding carboxylic acids is 1. The fourth-order valence-electron chi connectivity index (χ4n) is 2.43. The molecule has 3 rings (SSSR count). The number of hydrogen-bond acceptors (Lipinski definition) is 4. The van der Waals surface area contributed by atoms with E-state index in [1.54, 1.807) is 41.1 Å². The molecule has 1 N–H and O–H groups in total. The molecule has 5 heteroatoms. The second kappa shape index (κ2) is 6.97. The van der Waals surface area contributed by atoms with Gasteiger partial charge in [0.2, 0.25) is 5.78 Å². The second-order valence-electron chi connectivity index (χ2n) is 5.57. The highest BCUT2D eigenvalue weighted by atomic mass is 16.3. The number of hydrogen-bond donors (Lipinski definition) is 1. The zero-order valence-corrected chi connectivity index (χ0v) is 13.4. The van der Waals surface area contributed by atoms with Gasteiger partial charge in [0.1, 0.15) is 11.5 Å². The van der Waals surface area contributed by atoms with Crippen molar-refractivity contribution in [1.82, 2.24) is 9.55 Å². The van der Waals surface area contributed by atoms with Crippen molar-refractivity contribution < 1.29 is 9.90 Å². The monoisotopic (exact) mass is 332 g/mol. The summed E-state index contributed by atoms with van der Waals surface area (Å²) in [6.07, 6.45) is 3.18. The van der Waals surface area contributed by atoms with Gasteiger partial charge in [0.05, 0.1) is 6.54 Å². The van der Waals surface area contributed by atoms with Crippen molar-refractivity contribution in [3.05, 3.63) is 106 Å². The lowest BCUT2D eigenvalue weighted by Crippen LogP contribution is -2.18. The molecule has 0 saturated carbocycles. The van der Waals surface area contributed by atoms with Crippen LogP contribution in [0.15, 0.2) is 78.4 Å². The van der Waals surface area contributed by atoms with Crippen LogP contribution in [0.5, 0.6) is 0 Å². The van der Waals surface area contributed by atoms with E-state index < -0.39 is 0 Å². The molecule has 1 aromatic carbocycles. The highest BCUT2D eigenvalue weighted by molar-refractivity contribution is 6.07. The van der Waals surface area contributed by atoms with E-state index >= 15 is 0 Å². The molecule has 0 unspecified atom stereocenters. The molecular formula is C20H16N2O3. The van der Waals surface area contributed by atoms with Crippen molar-refractivity contribution >= 4 is 11.5 Å². The van der Waals surface area contributed by atoms with E-state index in [9.17, 15) is 14.7 Å². The molecule has 0 amide bonds. The molecule has 0 aliphatic rings. The maximum absolute atomic E-state index is 12.5. The smallest absolute Gasteiger partial charge is 0.250 e. The average Bonchev–Trinajstić information content (AvgIpc) is 2.64. The van der Waals surface area contributed by atoms with Gasteiger partial charge in [0.25, 0.3) is 5.56 Å². The zero-order chi connectivity index (χ0) is 17.8. The molecule has 5 nitrogen and oxygen atoms in total. The topological polar surface area (TPSA) is 72.2 Å².